The van der Waals surface area contributed by atoms with Gasteiger partial charge in [-0.05, 0) is 61.4 Å². The van der Waals surface area contributed by atoms with Crippen LogP contribution in [0.2, 0.25) is 0 Å². The monoisotopic (exact) mass is 496 g/mol. The topological polar surface area (TPSA) is 82.8 Å². The van der Waals surface area contributed by atoms with Crippen molar-refractivity contribution in [3.8, 4) is 5.75 Å². The lowest BCUT2D eigenvalue weighted by Gasteiger charge is -2.44. The molecular formula is C25H25BrN2O4. The largest absolute Gasteiger partial charge is 0.507 e. The van der Waals surface area contributed by atoms with Crippen molar-refractivity contribution >= 4 is 33.4 Å². The van der Waals surface area contributed by atoms with Gasteiger partial charge in [0.05, 0.1) is 18.4 Å². The van der Waals surface area contributed by atoms with Gasteiger partial charge in [-0.25, -0.2) is 0 Å². The van der Waals surface area contributed by atoms with Gasteiger partial charge in [-0.3, -0.25) is 9.59 Å². The van der Waals surface area contributed by atoms with Crippen molar-refractivity contribution in [1.82, 2.24) is 4.90 Å². The van der Waals surface area contributed by atoms with Gasteiger partial charge < -0.3 is 19.7 Å². The van der Waals surface area contributed by atoms with Gasteiger partial charge in [0.1, 0.15) is 17.0 Å². The molecule has 1 saturated carbocycles. The van der Waals surface area contributed by atoms with Crippen LogP contribution in [0.15, 0.2) is 75.8 Å². The molecule has 1 aromatic heterocycles. The van der Waals surface area contributed by atoms with Gasteiger partial charge in [-0.15, -0.1) is 0 Å². The number of para-hydroxylation sites is 1. The highest BCUT2D eigenvalue weighted by molar-refractivity contribution is 9.10. The fourth-order valence-corrected chi connectivity index (χ4v) is 4.58. The molecule has 2 N–H and O–H groups in total. The molecule has 0 unspecified atom stereocenters. The van der Waals surface area contributed by atoms with Crippen LogP contribution >= 0.6 is 15.9 Å². The normalized spacial score (nSPS) is 15.2. The maximum atomic E-state index is 13.8. The van der Waals surface area contributed by atoms with E-state index in [1.165, 1.54) is 6.07 Å². The Hall–Kier alpha value is -3.06. The molecule has 0 atom stereocenters. The maximum Gasteiger partial charge on any atom is 0.258 e. The van der Waals surface area contributed by atoms with Crippen LogP contribution in [0.1, 0.15) is 48.2 Å². The van der Waals surface area contributed by atoms with Crippen molar-refractivity contribution < 1.29 is 19.1 Å². The summed E-state index contributed by atoms with van der Waals surface area (Å²) >= 11 is 3.41. The number of aromatic hydroxyl groups is 1. The Morgan fingerprint density at radius 1 is 1.00 bits per heavy atom. The molecule has 0 aliphatic heterocycles. The second-order valence-corrected chi connectivity index (χ2v) is 8.96. The van der Waals surface area contributed by atoms with Crippen LogP contribution in [-0.4, -0.2) is 27.4 Å². The molecule has 1 aliphatic rings. The number of carbonyl (C=O) groups is 2. The summed E-state index contributed by atoms with van der Waals surface area (Å²) in [5.74, 6) is -0.154. The number of phenols is 1. The van der Waals surface area contributed by atoms with Crippen molar-refractivity contribution in [3.63, 3.8) is 0 Å². The Kier molecular flexibility index (Phi) is 6.65. The predicted molar refractivity (Wildman–Crippen MR) is 125 cm³/mol. The molecule has 0 radical (unpaired) electrons. The van der Waals surface area contributed by atoms with E-state index in [0.29, 0.717) is 24.3 Å². The summed E-state index contributed by atoms with van der Waals surface area (Å²) in [5.41, 5.74) is -0.228. The molecule has 6 nitrogen and oxygen atoms in total. The van der Waals surface area contributed by atoms with Crippen LogP contribution < -0.4 is 5.32 Å². The molecule has 32 heavy (non-hydrogen) atoms. The fourth-order valence-electron chi connectivity index (χ4n) is 4.31. The molecule has 1 fully saturated rings. The van der Waals surface area contributed by atoms with E-state index in [-0.39, 0.29) is 23.8 Å². The number of nitrogens with one attached hydrogen (secondary N) is 1. The number of benzene rings is 2. The number of anilines is 1. The summed E-state index contributed by atoms with van der Waals surface area (Å²) in [5, 5.41) is 13.4. The summed E-state index contributed by atoms with van der Waals surface area (Å²) in [6.07, 6.45) is 5.29. The van der Waals surface area contributed by atoms with Gasteiger partial charge in [0.15, 0.2) is 0 Å². The molecule has 0 saturated heterocycles. The lowest BCUT2D eigenvalue weighted by molar-refractivity contribution is -0.129. The summed E-state index contributed by atoms with van der Waals surface area (Å²) in [7, 11) is 0. The predicted octanol–water partition coefficient (Wildman–Crippen LogP) is 5.73. The van der Waals surface area contributed by atoms with E-state index >= 15 is 0 Å². The number of hydrogen-bond donors (Lipinski definition) is 2. The lowest BCUT2D eigenvalue weighted by atomic mass is 9.78. The number of furan rings is 1. The zero-order chi connectivity index (χ0) is 22.6. The average molecular weight is 497 g/mol. The minimum atomic E-state index is -1.06. The molecule has 0 spiro atoms. The standard InChI is InChI=1S/C25H25BrN2O4/c26-18-10-12-19(13-11-18)27-24(31)25(14-4-1-5-15-25)28(17-20-7-6-16-32-20)23(30)21-8-2-3-9-22(21)29/h2-3,6-13,16,29H,1,4-5,14-15,17H2,(H,27,31). The highest BCUT2D eigenvalue weighted by Gasteiger charge is 2.47. The van der Waals surface area contributed by atoms with E-state index in [1.807, 2.05) is 24.3 Å². The van der Waals surface area contributed by atoms with Crippen molar-refractivity contribution in [2.45, 2.75) is 44.2 Å². The van der Waals surface area contributed by atoms with Crippen LogP contribution in [0.3, 0.4) is 0 Å². The van der Waals surface area contributed by atoms with Gasteiger partial charge >= 0.3 is 0 Å². The van der Waals surface area contributed by atoms with Crippen LogP contribution in [0.5, 0.6) is 5.75 Å². The number of carbonyl (C=O) groups excluding carboxylic acids is 2. The molecule has 7 heteroatoms. The molecule has 1 heterocycles. The third-order valence-corrected chi connectivity index (χ3v) is 6.52. The first-order valence-corrected chi connectivity index (χ1v) is 11.5. The number of hydrogen-bond acceptors (Lipinski definition) is 4. The van der Waals surface area contributed by atoms with Crippen LogP contribution in [0, 0.1) is 0 Å². The molecule has 166 valence electrons. The zero-order valence-corrected chi connectivity index (χ0v) is 19.2. The zero-order valence-electron chi connectivity index (χ0n) is 17.6. The van der Waals surface area contributed by atoms with Crippen LogP contribution in [0.25, 0.3) is 0 Å². The summed E-state index contributed by atoms with van der Waals surface area (Å²) < 4.78 is 6.45. The van der Waals surface area contributed by atoms with E-state index in [1.54, 1.807) is 41.5 Å². The second kappa shape index (κ2) is 9.61. The highest BCUT2D eigenvalue weighted by atomic mass is 79.9. The van der Waals surface area contributed by atoms with Crippen molar-refractivity contribution in [3.05, 3.63) is 82.7 Å². The molecule has 2 amide bonds. The lowest BCUT2D eigenvalue weighted by Crippen LogP contribution is -2.59. The van der Waals surface area contributed by atoms with E-state index < -0.39 is 11.4 Å². The Morgan fingerprint density at radius 3 is 2.38 bits per heavy atom. The molecule has 1 aliphatic carbocycles. The van der Waals surface area contributed by atoms with Crippen LogP contribution in [-0.2, 0) is 11.3 Å². The van der Waals surface area contributed by atoms with Crippen LogP contribution in [0.4, 0.5) is 5.69 Å². The third kappa shape index (κ3) is 4.58. The maximum absolute atomic E-state index is 13.8. The SMILES string of the molecule is O=C(c1ccccc1O)N(Cc1ccco1)C1(C(=O)Nc2ccc(Br)cc2)CCCCC1. The van der Waals surface area contributed by atoms with Gasteiger partial charge in [0, 0.05) is 10.2 Å². The fraction of sp³-hybridized carbons (Fsp3) is 0.280. The quantitative estimate of drug-likeness (QED) is 0.456. The highest BCUT2D eigenvalue weighted by Crippen LogP contribution is 2.38. The Bertz CT molecular complexity index is 1070. The van der Waals surface area contributed by atoms with Gasteiger partial charge in [-0.2, -0.15) is 0 Å². The number of phenolic OH excluding ortho intramolecular Hbond substituents is 1. The van der Waals surface area contributed by atoms with E-state index in [4.69, 9.17) is 4.42 Å². The van der Waals surface area contributed by atoms with E-state index in [0.717, 1.165) is 23.7 Å². The molecule has 2 aromatic carbocycles. The van der Waals surface area contributed by atoms with E-state index in [9.17, 15) is 14.7 Å². The third-order valence-electron chi connectivity index (χ3n) is 6.00. The first kappa shape index (κ1) is 22.1. The molecule has 0 bridgehead atoms. The number of rotatable bonds is 6. The average Bonchev–Trinajstić information content (AvgIpc) is 3.33. The summed E-state index contributed by atoms with van der Waals surface area (Å²) in [6.45, 7) is 0.133. The Labute approximate surface area is 195 Å². The van der Waals surface area contributed by atoms with Crippen molar-refractivity contribution in [2.75, 3.05) is 5.32 Å². The molecule has 4 rings (SSSR count). The number of halogens is 1. The first-order chi connectivity index (χ1) is 15.5. The smallest absolute Gasteiger partial charge is 0.258 e. The molecular weight excluding hydrogens is 472 g/mol. The van der Waals surface area contributed by atoms with Gasteiger partial charge in [-0.1, -0.05) is 47.3 Å². The number of nitrogens with zero attached hydrogens (tertiary/aromatic N) is 1. The first-order valence-electron chi connectivity index (χ1n) is 10.7. The minimum Gasteiger partial charge on any atom is -0.507 e. The van der Waals surface area contributed by atoms with E-state index in [2.05, 4.69) is 21.2 Å². The second-order valence-electron chi connectivity index (χ2n) is 8.04. The number of amides is 2. The summed E-state index contributed by atoms with van der Waals surface area (Å²) in [4.78, 5) is 29.1. The molecule has 3 aromatic rings. The van der Waals surface area contributed by atoms with Crippen molar-refractivity contribution in [1.29, 1.82) is 0 Å². The minimum absolute atomic E-state index is 0.110. The Morgan fingerprint density at radius 2 is 1.72 bits per heavy atom. The Balaban J connectivity index is 1.74. The summed E-state index contributed by atoms with van der Waals surface area (Å²) in [6, 6.07) is 17.3. The van der Waals surface area contributed by atoms with Crippen molar-refractivity contribution in [2.24, 2.45) is 0 Å². The van der Waals surface area contributed by atoms with Gasteiger partial charge in [0.2, 0.25) is 5.91 Å². The van der Waals surface area contributed by atoms with Gasteiger partial charge in [0.25, 0.3) is 5.91 Å².